The SMILES string of the molecule is CCCNc1nc(CCC)nc(NC(C)(C)CO)c1C. The third-order valence-electron chi connectivity index (χ3n) is 3.06. The lowest BCUT2D eigenvalue weighted by molar-refractivity contribution is 0.234. The number of rotatable bonds is 8. The van der Waals surface area contributed by atoms with Gasteiger partial charge in [-0.3, -0.25) is 0 Å². The summed E-state index contributed by atoms with van der Waals surface area (Å²) in [6.45, 7) is 11.1. The second kappa shape index (κ2) is 7.43. The summed E-state index contributed by atoms with van der Waals surface area (Å²) in [7, 11) is 0. The maximum atomic E-state index is 9.41. The highest BCUT2D eigenvalue weighted by Crippen LogP contribution is 2.23. The van der Waals surface area contributed by atoms with Crippen LogP contribution >= 0.6 is 0 Å². The predicted octanol–water partition coefficient (Wildman–Crippen LogP) is 2.74. The molecule has 0 radical (unpaired) electrons. The van der Waals surface area contributed by atoms with Crippen molar-refractivity contribution < 1.29 is 5.11 Å². The van der Waals surface area contributed by atoms with Crippen LogP contribution in [0.25, 0.3) is 0 Å². The third-order valence-corrected chi connectivity index (χ3v) is 3.06. The average Bonchev–Trinajstić information content (AvgIpc) is 2.40. The lowest BCUT2D eigenvalue weighted by Gasteiger charge is -2.26. The normalized spacial score (nSPS) is 11.5. The van der Waals surface area contributed by atoms with Crippen LogP contribution in [-0.2, 0) is 6.42 Å². The van der Waals surface area contributed by atoms with Gasteiger partial charge in [-0.15, -0.1) is 0 Å². The molecule has 0 aliphatic heterocycles. The van der Waals surface area contributed by atoms with Gasteiger partial charge in [-0.25, -0.2) is 9.97 Å². The van der Waals surface area contributed by atoms with Crippen LogP contribution < -0.4 is 10.6 Å². The van der Waals surface area contributed by atoms with Gasteiger partial charge in [-0.1, -0.05) is 13.8 Å². The van der Waals surface area contributed by atoms with E-state index in [2.05, 4.69) is 34.4 Å². The number of hydrogen-bond donors (Lipinski definition) is 3. The Labute approximate surface area is 122 Å². The molecule has 0 aliphatic carbocycles. The molecule has 0 unspecified atom stereocenters. The molecule has 1 aromatic rings. The molecular formula is C15H28N4O. The minimum atomic E-state index is -0.398. The smallest absolute Gasteiger partial charge is 0.135 e. The first-order valence-corrected chi connectivity index (χ1v) is 7.44. The Kier molecular flexibility index (Phi) is 6.20. The van der Waals surface area contributed by atoms with Crippen molar-refractivity contribution in [2.75, 3.05) is 23.8 Å². The molecule has 0 amide bonds. The van der Waals surface area contributed by atoms with Crippen molar-refractivity contribution in [2.45, 2.75) is 59.4 Å². The maximum absolute atomic E-state index is 9.41. The van der Waals surface area contributed by atoms with Gasteiger partial charge >= 0.3 is 0 Å². The van der Waals surface area contributed by atoms with E-state index < -0.39 is 5.54 Å². The van der Waals surface area contributed by atoms with E-state index >= 15 is 0 Å². The number of aryl methyl sites for hydroxylation is 1. The highest BCUT2D eigenvalue weighted by atomic mass is 16.3. The number of aliphatic hydroxyl groups excluding tert-OH is 1. The van der Waals surface area contributed by atoms with Crippen LogP contribution in [0.4, 0.5) is 11.6 Å². The molecule has 1 heterocycles. The summed E-state index contributed by atoms with van der Waals surface area (Å²) in [5, 5.41) is 16.1. The van der Waals surface area contributed by atoms with E-state index in [1.54, 1.807) is 0 Å². The van der Waals surface area contributed by atoms with Crippen molar-refractivity contribution >= 4 is 11.6 Å². The molecular weight excluding hydrogens is 252 g/mol. The lowest BCUT2D eigenvalue weighted by atomic mass is 10.1. The Balaban J connectivity index is 3.10. The van der Waals surface area contributed by atoms with Crippen LogP contribution in [0.2, 0.25) is 0 Å². The van der Waals surface area contributed by atoms with Gasteiger partial charge in [0.15, 0.2) is 0 Å². The van der Waals surface area contributed by atoms with Gasteiger partial charge in [0.25, 0.3) is 0 Å². The summed E-state index contributed by atoms with van der Waals surface area (Å²) in [6, 6.07) is 0. The second-order valence-electron chi connectivity index (χ2n) is 5.81. The van der Waals surface area contributed by atoms with Crippen LogP contribution in [0.15, 0.2) is 0 Å². The summed E-state index contributed by atoms with van der Waals surface area (Å²) in [5.41, 5.74) is 0.602. The van der Waals surface area contributed by atoms with Crippen LogP contribution in [0.5, 0.6) is 0 Å². The second-order valence-corrected chi connectivity index (χ2v) is 5.81. The van der Waals surface area contributed by atoms with Crippen molar-refractivity contribution in [3.63, 3.8) is 0 Å². The predicted molar refractivity (Wildman–Crippen MR) is 84.3 cm³/mol. The number of anilines is 2. The van der Waals surface area contributed by atoms with Gasteiger partial charge in [0, 0.05) is 18.5 Å². The quantitative estimate of drug-likeness (QED) is 0.683. The summed E-state index contributed by atoms with van der Waals surface area (Å²) in [4.78, 5) is 9.18. The maximum Gasteiger partial charge on any atom is 0.135 e. The molecule has 20 heavy (non-hydrogen) atoms. The van der Waals surface area contributed by atoms with Gasteiger partial charge in [0.05, 0.1) is 12.1 Å². The number of aliphatic hydroxyl groups is 1. The van der Waals surface area contributed by atoms with Crippen molar-refractivity contribution in [3.8, 4) is 0 Å². The zero-order valence-electron chi connectivity index (χ0n) is 13.4. The summed E-state index contributed by atoms with van der Waals surface area (Å²) in [6.07, 6.45) is 2.92. The molecule has 0 spiro atoms. The molecule has 0 saturated heterocycles. The molecule has 0 aromatic carbocycles. The first kappa shape index (κ1) is 16.7. The molecule has 0 atom stereocenters. The number of nitrogens with zero attached hydrogens (tertiary/aromatic N) is 2. The van der Waals surface area contributed by atoms with Gasteiger partial charge in [0.2, 0.25) is 0 Å². The molecule has 0 saturated carbocycles. The molecule has 114 valence electrons. The largest absolute Gasteiger partial charge is 0.394 e. The Morgan fingerprint density at radius 3 is 2.30 bits per heavy atom. The van der Waals surface area contributed by atoms with Gasteiger partial charge in [-0.05, 0) is 33.6 Å². The van der Waals surface area contributed by atoms with Gasteiger partial charge in [0.1, 0.15) is 17.5 Å². The number of nitrogens with one attached hydrogen (secondary N) is 2. The molecule has 0 fully saturated rings. The summed E-state index contributed by atoms with van der Waals surface area (Å²) in [5.74, 6) is 2.54. The van der Waals surface area contributed by atoms with Crippen LogP contribution in [0.3, 0.4) is 0 Å². The van der Waals surface area contributed by atoms with E-state index in [1.807, 2.05) is 20.8 Å². The summed E-state index contributed by atoms with van der Waals surface area (Å²) < 4.78 is 0. The van der Waals surface area contributed by atoms with E-state index in [-0.39, 0.29) is 6.61 Å². The fraction of sp³-hybridized carbons (Fsp3) is 0.733. The topological polar surface area (TPSA) is 70.1 Å². The zero-order chi connectivity index (χ0) is 15.2. The van der Waals surface area contributed by atoms with Gasteiger partial charge < -0.3 is 15.7 Å². The van der Waals surface area contributed by atoms with Crippen molar-refractivity contribution in [2.24, 2.45) is 0 Å². The molecule has 0 bridgehead atoms. The van der Waals surface area contributed by atoms with E-state index in [0.717, 1.165) is 48.8 Å². The minimum absolute atomic E-state index is 0.0529. The minimum Gasteiger partial charge on any atom is -0.394 e. The van der Waals surface area contributed by atoms with E-state index in [4.69, 9.17) is 0 Å². The van der Waals surface area contributed by atoms with Crippen molar-refractivity contribution in [1.29, 1.82) is 0 Å². The highest BCUT2D eigenvalue weighted by molar-refractivity contribution is 5.58. The Morgan fingerprint density at radius 2 is 1.75 bits per heavy atom. The standard InChI is InChI=1S/C15H28N4O/c1-6-8-12-17-13(16-9-7-2)11(3)14(18-12)19-15(4,5)10-20/h20H,6-10H2,1-5H3,(H2,16,17,18,19). The third kappa shape index (κ3) is 4.63. The van der Waals surface area contributed by atoms with Crippen molar-refractivity contribution in [1.82, 2.24) is 9.97 Å². The van der Waals surface area contributed by atoms with E-state index in [1.165, 1.54) is 0 Å². The monoisotopic (exact) mass is 280 g/mol. The van der Waals surface area contributed by atoms with Crippen LogP contribution in [0.1, 0.15) is 51.9 Å². The lowest BCUT2D eigenvalue weighted by Crippen LogP contribution is -2.36. The molecule has 5 nitrogen and oxygen atoms in total. The van der Waals surface area contributed by atoms with Crippen LogP contribution in [0, 0.1) is 6.92 Å². The molecule has 5 heteroatoms. The Bertz CT molecular complexity index is 432. The molecule has 0 aliphatic rings. The molecule has 1 aromatic heterocycles. The first-order chi connectivity index (χ1) is 9.43. The Morgan fingerprint density at radius 1 is 1.10 bits per heavy atom. The average molecular weight is 280 g/mol. The fourth-order valence-electron chi connectivity index (χ4n) is 1.80. The van der Waals surface area contributed by atoms with E-state index in [9.17, 15) is 5.11 Å². The van der Waals surface area contributed by atoms with E-state index in [0.29, 0.717) is 0 Å². The van der Waals surface area contributed by atoms with Crippen LogP contribution in [-0.4, -0.2) is 33.8 Å². The fourth-order valence-corrected chi connectivity index (χ4v) is 1.80. The Hall–Kier alpha value is -1.36. The van der Waals surface area contributed by atoms with Gasteiger partial charge in [-0.2, -0.15) is 0 Å². The molecule has 1 rings (SSSR count). The van der Waals surface area contributed by atoms with Crippen molar-refractivity contribution in [3.05, 3.63) is 11.4 Å². The molecule has 3 N–H and O–H groups in total. The number of aromatic nitrogens is 2. The zero-order valence-corrected chi connectivity index (χ0v) is 13.4. The first-order valence-electron chi connectivity index (χ1n) is 7.44. The summed E-state index contributed by atoms with van der Waals surface area (Å²) >= 11 is 0. The highest BCUT2D eigenvalue weighted by Gasteiger charge is 2.19. The number of hydrogen-bond acceptors (Lipinski definition) is 5.